The number of esters is 3. The molecule has 0 N–H and O–H groups in total. The Kier molecular flexibility index (Phi) is 9.07. The zero-order valence-electron chi connectivity index (χ0n) is 12.4. The number of hydrogen-bond acceptors (Lipinski definition) is 6. The van der Waals surface area contributed by atoms with Gasteiger partial charge in [0.05, 0.1) is 12.7 Å². The first-order valence-electron chi connectivity index (χ1n) is 6.58. The summed E-state index contributed by atoms with van der Waals surface area (Å²) in [5.74, 6) is -1.99. The fraction of sp³-hybridized carbons (Fsp3) is 0.643. The standard InChI is InChI=1S/C14H22O6/c1-5-6-7-18-14(17)11(4)8-12(15)19-9-13(16)20-10(2)3/h8,10H,5-7,9H2,1-4H3/b11-8-. The predicted octanol–water partition coefficient (Wildman–Crippen LogP) is 1.77. The van der Waals surface area contributed by atoms with E-state index in [1.807, 2.05) is 6.92 Å². The van der Waals surface area contributed by atoms with Crippen molar-refractivity contribution in [3.63, 3.8) is 0 Å². The minimum absolute atomic E-state index is 0.128. The molecule has 114 valence electrons. The Bertz CT molecular complexity index is 370. The normalized spacial score (nSPS) is 11.2. The monoisotopic (exact) mass is 286 g/mol. The molecule has 6 nitrogen and oxygen atoms in total. The highest BCUT2D eigenvalue weighted by Gasteiger charge is 2.11. The molecule has 0 amide bonds. The smallest absolute Gasteiger partial charge is 0.344 e. The average Bonchev–Trinajstić information content (AvgIpc) is 2.35. The van der Waals surface area contributed by atoms with Crippen molar-refractivity contribution < 1.29 is 28.6 Å². The van der Waals surface area contributed by atoms with Gasteiger partial charge in [0.15, 0.2) is 6.61 Å². The molecule has 0 fully saturated rings. The van der Waals surface area contributed by atoms with Crippen LogP contribution in [0, 0.1) is 0 Å². The lowest BCUT2D eigenvalue weighted by atomic mass is 10.3. The minimum atomic E-state index is -0.782. The van der Waals surface area contributed by atoms with E-state index in [2.05, 4.69) is 4.74 Å². The van der Waals surface area contributed by atoms with Crippen LogP contribution in [0.25, 0.3) is 0 Å². The third kappa shape index (κ3) is 9.13. The Morgan fingerprint density at radius 2 is 1.80 bits per heavy atom. The molecule has 0 rings (SSSR count). The lowest BCUT2D eigenvalue weighted by Crippen LogP contribution is -2.19. The van der Waals surface area contributed by atoms with E-state index in [0.717, 1.165) is 18.9 Å². The van der Waals surface area contributed by atoms with E-state index in [-0.39, 0.29) is 11.7 Å². The first-order valence-corrected chi connectivity index (χ1v) is 6.58. The van der Waals surface area contributed by atoms with Gasteiger partial charge in [0.1, 0.15) is 0 Å². The van der Waals surface area contributed by atoms with E-state index in [1.165, 1.54) is 6.92 Å². The summed E-state index contributed by atoms with van der Waals surface area (Å²) in [6.07, 6.45) is 2.41. The predicted molar refractivity (Wildman–Crippen MR) is 71.8 cm³/mol. The largest absolute Gasteiger partial charge is 0.462 e. The van der Waals surface area contributed by atoms with Gasteiger partial charge in [-0.3, -0.25) is 0 Å². The summed E-state index contributed by atoms with van der Waals surface area (Å²) in [5.41, 5.74) is 0.128. The maximum Gasteiger partial charge on any atom is 0.344 e. The molecule has 0 atom stereocenters. The van der Waals surface area contributed by atoms with Crippen molar-refractivity contribution in [2.45, 2.75) is 46.6 Å². The molecule has 0 aliphatic rings. The molecule has 0 spiro atoms. The van der Waals surface area contributed by atoms with Crippen LogP contribution in [0.4, 0.5) is 0 Å². The maximum absolute atomic E-state index is 11.4. The third-order valence-electron chi connectivity index (χ3n) is 2.09. The summed E-state index contributed by atoms with van der Waals surface area (Å²) in [5, 5.41) is 0. The minimum Gasteiger partial charge on any atom is -0.462 e. The summed E-state index contributed by atoms with van der Waals surface area (Å²) in [7, 11) is 0. The van der Waals surface area contributed by atoms with Crippen molar-refractivity contribution in [2.75, 3.05) is 13.2 Å². The Morgan fingerprint density at radius 3 is 2.35 bits per heavy atom. The summed E-state index contributed by atoms with van der Waals surface area (Å²) in [4.78, 5) is 34.0. The van der Waals surface area contributed by atoms with Gasteiger partial charge in [-0.2, -0.15) is 0 Å². The van der Waals surface area contributed by atoms with Gasteiger partial charge in [0.2, 0.25) is 0 Å². The van der Waals surface area contributed by atoms with Crippen LogP contribution in [0.5, 0.6) is 0 Å². The van der Waals surface area contributed by atoms with Crippen molar-refractivity contribution in [3.05, 3.63) is 11.6 Å². The summed E-state index contributed by atoms with van der Waals surface area (Å²) >= 11 is 0. The number of carbonyl (C=O) groups is 3. The molecular weight excluding hydrogens is 264 g/mol. The zero-order valence-corrected chi connectivity index (χ0v) is 12.4. The van der Waals surface area contributed by atoms with Crippen LogP contribution in [0.15, 0.2) is 11.6 Å². The first kappa shape index (κ1) is 18.1. The topological polar surface area (TPSA) is 78.9 Å². The number of ether oxygens (including phenoxy) is 3. The molecular formula is C14H22O6. The Morgan fingerprint density at radius 1 is 1.15 bits per heavy atom. The molecule has 6 heteroatoms. The molecule has 0 aromatic heterocycles. The van der Waals surface area contributed by atoms with Crippen LogP contribution in [0.1, 0.15) is 40.5 Å². The lowest BCUT2D eigenvalue weighted by molar-refractivity contribution is -0.158. The van der Waals surface area contributed by atoms with Crippen molar-refractivity contribution in [2.24, 2.45) is 0 Å². The van der Waals surface area contributed by atoms with Crippen LogP contribution < -0.4 is 0 Å². The van der Waals surface area contributed by atoms with Gasteiger partial charge >= 0.3 is 17.9 Å². The van der Waals surface area contributed by atoms with Gasteiger partial charge in [0, 0.05) is 11.6 Å². The van der Waals surface area contributed by atoms with Crippen LogP contribution in [0.2, 0.25) is 0 Å². The molecule has 0 unspecified atom stereocenters. The molecule has 0 aliphatic carbocycles. The number of rotatable bonds is 8. The van der Waals surface area contributed by atoms with Crippen LogP contribution in [-0.4, -0.2) is 37.2 Å². The van der Waals surface area contributed by atoms with Gasteiger partial charge < -0.3 is 14.2 Å². The average molecular weight is 286 g/mol. The van der Waals surface area contributed by atoms with Crippen LogP contribution in [0.3, 0.4) is 0 Å². The molecule has 0 aromatic carbocycles. The Balaban J connectivity index is 4.12. The first-order chi connectivity index (χ1) is 9.36. The highest BCUT2D eigenvalue weighted by atomic mass is 16.6. The second-order valence-corrected chi connectivity index (χ2v) is 4.46. The highest BCUT2D eigenvalue weighted by molar-refractivity contribution is 5.96. The third-order valence-corrected chi connectivity index (χ3v) is 2.09. The Hall–Kier alpha value is -1.85. The van der Waals surface area contributed by atoms with Crippen LogP contribution in [-0.2, 0) is 28.6 Å². The number of hydrogen-bond donors (Lipinski definition) is 0. The van der Waals surface area contributed by atoms with E-state index >= 15 is 0 Å². The quantitative estimate of drug-likeness (QED) is 0.293. The van der Waals surface area contributed by atoms with E-state index in [1.54, 1.807) is 13.8 Å². The molecule has 0 saturated heterocycles. The zero-order chi connectivity index (χ0) is 15.5. The molecule has 20 heavy (non-hydrogen) atoms. The maximum atomic E-state index is 11.4. The van der Waals surface area contributed by atoms with Crippen molar-refractivity contribution in [1.82, 2.24) is 0 Å². The molecule has 0 heterocycles. The van der Waals surface area contributed by atoms with Gasteiger partial charge in [-0.1, -0.05) is 13.3 Å². The van der Waals surface area contributed by atoms with E-state index in [9.17, 15) is 14.4 Å². The lowest BCUT2D eigenvalue weighted by Gasteiger charge is -2.07. The fourth-order valence-corrected chi connectivity index (χ4v) is 1.13. The summed E-state index contributed by atoms with van der Waals surface area (Å²) in [6.45, 7) is 6.64. The second kappa shape index (κ2) is 10.00. The van der Waals surface area contributed by atoms with E-state index in [0.29, 0.717) is 6.61 Å². The number of unbranched alkanes of at least 4 members (excludes halogenated alkanes) is 1. The molecule has 0 radical (unpaired) electrons. The SMILES string of the molecule is CCCCOC(=O)/C(C)=C\C(=O)OCC(=O)OC(C)C. The molecule has 0 saturated carbocycles. The summed E-state index contributed by atoms with van der Waals surface area (Å²) in [6, 6.07) is 0. The van der Waals surface area contributed by atoms with E-state index in [4.69, 9.17) is 9.47 Å². The molecule has 0 aliphatic heterocycles. The van der Waals surface area contributed by atoms with Gasteiger partial charge in [0.25, 0.3) is 0 Å². The van der Waals surface area contributed by atoms with Gasteiger partial charge in [-0.25, -0.2) is 14.4 Å². The van der Waals surface area contributed by atoms with Gasteiger partial charge in [-0.05, 0) is 27.2 Å². The van der Waals surface area contributed by atoms with Crippen LogP contribution >= 0.6 is 0 Å². The Labute approximate surface area is 119 Å². The second-order valence-electron chi connectivity index (χ2n) is 4.46. The van der Waals surface area contributed by atoms with Gasteiger partial charge in [-0.15, -0.1) is 0 Å². The van der Waals surface area contributed by atoms with Crippen molar-refractivity contribution in [1.29, 1.82) is 0 Å². The van der Waals surface area contributed by atoms with Crippen molar-refractivity contribution >= 4 is 17.9 Å². The number of carbonyl (C=O) groups excluding carboxylic acids is 3. The fourth-order valence-electron chi connectivity index (χ4n) is 1.13. The molecule has 0 bridgehead atoms. The van der Waals surface area contributed by atoms with E-state index < -0.39 is 24.5 Å². The highest BCUT2D eigenvalue weighted by Crippen LogP contribution is 2.00. The molecule has 0 aromatic rings. The van der Waals surface area contributed by atoms with Crippen molar-refractivity contribution in [3.8, 4) is 0 Å². The summed E-state index contributed by atoms with van der Waals surface area (Å²) < 4.78 is 14.4.